The van der Waals surface area contributed by atoms with E-state index in [2.05, 4.69) is 35.1 Å². The first-order valence-electron chi connectivity index (χ1n) is 6.65. The second-order valence-electron chi connectivity index (χ2n) is 4.93. The number of aryl methyl sites for hydroxylation is 1. The molecule has 1 N–H and O–H groups in total. The van der Waals surface area contributed by atoms with E-state index in [1.165, 1.54) is 37.1 Å². The second kappa shape index (κ2) is 6.12. The summed E-state index contributed by atoms with van der Waals surface area (Å²) in [5, 5.41) is 3.56. The molecule has 1 saturated heterocycles. The predicted octanol–water partition coefficient (Wildman–Crippen LogP) is 1.96. The zero-order chi connectivity index (χ0) is 12.1. The summed E-state index contributed by atoms with van der Waals surface area (Å²) >= 11 is 0. The van der Waals surface area contributed by atoms with E-state index in [1.54, 1.807) is 0 Å². The van der Waals surface area contributed by atoms with Gasteiger partial charge in [-0.2, -0.15) is 0 Å². The summed E-state index contributed by atoms with van der Waals surface area (Å²) in [5.74, 6) is 0. The Morgan fingerprint density at radius 3 is 3.18 bits per heavy atom. The Hall–Kier alpha value is -0.930. The van der Waals surface area contributed by atoms with Crippen LogP contribution >= 0.6 is 0 Å². The highest BCUT2D eigenvalue weighted by atomic mass is 15.2. The second-order valence-corrected chi connectivity index (χ2v) is 4.93. The Kier molecular flexibility index (Phi) is 4.51. The van der Waals surface area contributed by atoms with Gasteiger partial charge in [0.25, 0.3) is 0 Å². The van der Waals surface area contributed by atoms with Crippen molar-refractivity contribution in [3.05, 3.63) is 29.6 Å². The molecule has 0 amide bonds. The van der Waals surface area contributed by atoms with E-state index in [0.29, 0.717) is 6.04 Å². The maximum atomic E-state index is 4.22. The number of likely N-dealkylation sites (tertiary alicyclic amines) is 1. The van der Waals surface area contributed by atoms with Crippen molar-refractivity contribution in [2.24, 2.45) is 0 Å². The van der Waals surface area contributed by atoms with Crippen molar-refractivity contribution in [1.82, 2.24) is 15.2 Å². The fourth-order valence-electron chi connectivity index (χ4n) is 2.56. The lowest BCUT2D eigenvalue weighted by Crippen LogP contribution is -2.45. The molecule has 0 aliphatic carbocycles. The van der Waals surface area contributed by atoms with Crippen LogP contribution in [0.1, 0.15) is 30.9 Å². The molecule has 1 fully saturated rings. The zero-order valence-corrected chi connectivity index (χ0v) is 10.9. The summed E-state index contributed by atoms with van der Waals surface area (Å²) < 4.78 is 0. The van der Waals surface area contributed by atoms with Gasteiger partial charge in [-0.15, -0.1) is 0 Å². The lowest BCUT2D eigenvalue weighted by Gasteiger charge is -2.33. The molecule has 1 aliphatic heterocycles. The van der Waals surface area contributed by atoms with E-state index in [-0.39, 0.29) is 0 Å². The Balaban J connectivity index is 1.92. The van der Waals surface area contributed by atoms with Crippen LogP contribution in [0.15, 0.2) is 18.5 Å². The molecule has 1 aromatic rings. The largest absolute Gasteiger partial charge is 0.313 e. The molecule has 2 rings (SSSR count). The minimum atomic E-state index is 0.672. The van der Waals surface area contributed by atoms with Crippen molar-refractivity contribution in [2.45, 2.75) is 39.3 Å². The molecule has 1 aromatic heterocycles. The first-order chi connectivity index (χ1) is 8.29. The van der Waals surface area contributed by atoms with Crippen LogP contribution in [-0.2, 0) is 6.54 Å². The van der Waals surface area contributed by atoms with E-state index in [0.717, 1.165) is 13.1 Å². The molecule has 17 heavy (non-hydrogen) atoms. The topological polar surface area (TPSA) is 28.2 Å². The minimum absolute atomic E-state index is 0.672. The van der Waals surface area contributed by atoms with Crippen LogP contribution in [-0.4, -0.2) is 35.6 Å². The smallest absolute Gasteiger partial charge is 0.0315 e. The summed E-state index contributed by atoms with van der Waals surface area (Å²) in [5.41, 5.74) is 2.72. The third-order valence-electron chi connectivity index (χ3n) is 3.54. The fraction of sp³-hybridized carbons (Fsp3) is 0.643. The van der Waals surface area contributed by atoms with Crippen LogP contribution in [0, 0.1) is 6.92 Å². The van der Waals surface area contributed by atoms with Crippen LogP contribution < -0.4 is 5.32 Å². The third kappa shape index (κ3) is 3.51. The molecule has 94 valence electrons. The van der Waals surface area contributed by atoms with Gasteiger partial charge < -0.3 is 5.32 Å². The van der Waals surface area contributed by atoms with Crippen molar-refractivity contribution >= 4 is 0 Å². The maximum absolute atomic E-state index is 4.22. The molecular weight excluding hydrogens is 210 g/mol. The van der Waals surface area contributed by atoms with Crippen LogP contribution in [0.25, 0.3) is 0 Å². The zero-order valence-electron chi connectivity index (χ0n) is 10.9. The number of nitrogens with one attached hydrogen (secondary N) is 1. The summed E-state index contributed by atoms with van der Waals surface area (Å²) in [7, 11) is 0. The van der Waals surface area contributed by atoms with Crippen molar-refractivity contribution < 1.29 is 0 Å². The normalized spacial score (nSPS) is 21.6. The molecule has 0 radical (unpaired) electrons. The number of pyridine rings is 1. The molecule has 0 bridgehead atoms. The van der Waals surface area contributed by atoms with E-state index < -0.39 is 0 Å². The van der Waals surface area contributed by atoms with Gasteiger partial charge in [0.15, 0.2) is 0 Å². The average Bonchev–Trinajstić information content (AvgIpc) is 2.33. The summed E-state index contributed by atoms with van der Waals surface area (Å²) in [6.07, 6.45) is 6.50. The van der Waals surface area contributed by atoms with Crippen LogP contribution in [0.4, 0.5) is 0 Å². The SMILES string of the molecule is CCNC1CCCN(Cc2cnccc2C)C1. The minimum Gasteiger partial charge on any atom is -0.313 e. The van der Waals surface area contributed by atoms with Crippen LogP contribution in [0.5, 0.6) is 0 Å². The van der Waals surface area contributed by atoms with Gasteiger partial charge in [-0.05, 0) is 50.0 Å². The van der Waals surface area contributed by atoms with Gasteiger partial charge in [0.2, 0.25) is 0 Å². The van der Waals surface area contributed by atoms with Crippen molar-refractivity contribution in [2.75, 3.05) is 19.6 Å². The number of likely N-dealkylation sites (N-methyl/N-ethyl adjacent to an activating group) is 1. The third-order valence-corrected chi connectivity index (χ3v) is 3.54. The highest BCUT2D eigenvalue weighted by Crippen LogP contribution is 2.15. The van der Waals surface area contributed by atoms with Crippen molar-refractivity contribution in [3.8, 4) is 0 Å². The molecule has 1 atom stereocenters. The van der Waals surface area contributed by atoms with Gasteiger partial charge in [0.1, 0.15) is 0 Å². The molecule has 2 heterocycles. The highest BCUT2D eigenvalue weighted by Gasteiger charge is 2.19. The van der Waals surface area contributed by atoms with E-state index in [4.69, 9.17) is 0 Å². The van der Waals surface area contributed by atoms with Crippen molar-refractivity contribution in [1.29, 1.82) is 0 Å². The van der Waals surface area contributed by atoms with E-state index >= 15 is 0 Å². The number of aromatic nitrogens is 1. The lowest BCUT2D eigenvalue weighted by atomic mass is 10.0. The molecule has 3 heteroatoms. The lowest BCUT2D eigenvalue weighted by molar-refractivity contribution is 0.184. The molecule has 0 aromatic carbocycles. The Labute approximate surface area is 104 Å². The van der Waals surface area contributed by atoms with Gasteiger partial charge >= 0.3 is 0 Å². The Morgan fingerprint density at radius 2 is 2.41 bits per heavy atom. The highest BCUT2D eigenvalue weighted by molar-refractivity contribution is 5.21. The number of hydrogen-bond acceptors (Lipinski definition) is 3. The Morgan fingerprint density at radius 1 is 1.53 bits per heavy atom. The molecule has 0 spiro atoms. The first kappa shape index (κ1) is 12.5. The van der Waals surface area contributed by atoms with Gasteiger partial charge in [-0.1, -0.05) is 6.92 Å². The van der Waals surface area contributed by atoms with Gasteiger partial charge in [0, 0.05) is 31.5 Å². The maximum Gasteiger partial charge on any atom is 0.0315 e. The van der Waals surface area contributed by atoms with Gasteiger partial charge in [0.05, 0.1) is 0 Å². The number of rotatable bonds is 4. The summed E-state index contributed by atoms with van der Waals surface area (Å²) in [6.45, 7) is 8.86. The molecule has 0 saturated carbocycles. The molecular formula is C14H23N3. The molecule has 3 nitrogen and oxygen atoms in total. The quantitative estimate of drug-likeness (QED) is 0.861. The summed E-state index contributed by atoms with van der Waals surface area (Å²) in [6, 6.07) is 2.77. The first-order valence-corrected chi connectivity index (χ1v) is 6.65. The number of piperidine rings is 1. The van der Waals surface area contributed by atoms with Crippen LogP contribution in [0.2, 0.25) is 0 Å². The molecule has 1 unspecified atom stereocenters. The predicted molar refractivity (Wildman–Crippen MR) is 70.9 cm³/mol. The Bertz CT molecular complexity index is 349. The van der Waals surface area contributed by atoms with Crippen LogP contribution in [0.3, 0.4) is 0 Å². The standard InChI is InChI=1S/C14H23N3/c1-3-16-14-5-4-8-17(11-14)10-13-9-15-7-6-12(13)2/h6-7,9,14,16H,3-5,8,10-11H2,1-2H3. The van der Waals surface area contributed by atoms with Gasteiger partial charge in [-0.25, -0.2) is 0 Å². The van der Waals surface area contributed by atoms with Crippen molar-refractivity contribution in [3.63, 3.8) is 0 Å². The monoisotopic (exact) mass is 233 g/mol. The number of hydrogen-bond donors (Lipinski definition) is 1. The molecule has 1 aliphatic rings. The number of nitrogens with zero attached hydrogens (tertiary/aromatic N) is 2. The fourth-order valence-corrected chi connectivity index (χ4v) is 2.56. The van der Waals surface area contributed by atoms with Gasteiger partial charge in [-0.3, -0.25) is 9.88 Å². The summed E-state index contributed by atoms with van der Waals surface area (Å²) in [4.78, 5) is 6.77. The van der Waals surface area contributed by atoms with E-state index in [9.17, 15) is 0 Å². The van der Waals surface area contributed by atoms with E-state index in [1.807, 2.05) is 12.4 Å². The average molecular weight is 233 g/mol.